The van der Waals surface area contributed by atoms with Crippen LogP contribution in [0.5, 0.6) is 0 Å². The Morgan fingerprint density at radius 3 is 2.18 bits per heavy atom. The van der Waals surface area contributed by atoms with Crippen LogP contribution in [0.4, 0.5) is 0 Å². The Hall–Kier alpha value is -0.170. The molecule has 0 radical (unpaired) electrons. The van der Waals surface area contributed by atoms with Crippen LogP contribution in [0.2, 0.25) is 0 Å². The second kappa shape index (κ2) is 6.53. The van der Waals surface area contributed by atoms with Gasteiger partial charge in [0.05, 0.1) is 0 Å². The zero-order valence-electron chi connectivity index (χ0n) is 7.98. The molecule has 0 aliphatic heterocycles. The summed E-state index contributed by atoms with van der Waals surface area (Å²) in [5, 5.41) is 0. The van der Waals surface area contributed by atoms with Crippen LogP contribution in [0.25, 0.3) is 0 Å². The minimum absolute atomic E-state index is 1.16. The summed E-state index contributed by atoms with van der Waals surface area (Å²) in [5.74, 6) is 1.18. The van der Waals surface area contributed by atoms with Gasteiger partial charge in [-0.3, -0.25) is 0 Å². The molecule has 0 saturated heterocycles. The lowest BCUT2D eigenvalue weighted by Gasteiger charge is -1.98. The fraction of sp³-hybridized carbons (Fsp3) is 0.600. The minimum atomic E-state index is 1.16. The highest BCUT2D eigenvalue weighted by molar-refractivity contribution is 8.03. The Morgan fingerprint density at radius 1 is 1.18 bits per heavy atom. The van der Waals surface area contributed by atoms with Gasteiger partial charge in [-0.25, -0.2) is 0 Å². The predicted molar refractivity (Wildman–Crippen MR) is 55.9 cm³/mol. The maximum atomic E-state index is 2.23. The second-order valence-electron chi connectivity index (χ2n) is 2.66. The summed E-state index contributed by atoms with van der Waals surface area (Å²) < 4.78 is 0. The van der Waals surface area contributed by atoms with E-state index < -0.39 is 0 Å². The monoisotopic (exact) mass is 170 g/mol. The quantitative estimate of drug-likeness (QED) is 0.575. The van der Waals surface area contributed by atoms with Crippen molar-refractivity contribution in [3.8, 4) is 0 Å². The molecule has 0 unspecified atom stereocenters. The Labute approximate surface area is 74.8 Å². The first-order valence-electron chi connectivity index (χ1n) is 4.17. The van der Waals surface area contributed by atoms with E-state index in [0.717, 1.165) is 6.42 Å². The highest BCUT2D eigenvalue weighted by atomic mass is 32.2. The van der Waals surface area contributed by atoms with Crippen LogP contribution in [-0.2, 0) is 0 Å². The molecular weight excluding hydrogens is 152 g/mol. The van der Waals surface area contributed by atoms with E-state index in [-0.39, 0.29) is 0 Å². The van der Waals surface area contributed by atoms with Crippen LogP contribution in [0.3, 0.4) is 0 Å². The van der Waals surface area contributed by atoms with Gasteiger partial charge in [0.2, 0.25) is 0 Å². The fourth-order valence-electron chi connectivity index (χ4n) is 0.713. The number of allylic oxidation sites excluding steroid dienone is 4. The average molecular weight is 170 g/mol. The molecule has 0 amide bonds. The largest absolute Gasteiger partial charge is 0.131 e. The van der Waals surface area contributed by atoms with Crippen LogP contribution < -0.4 is 0 Å². The Bertz CT molecular complexity index is 150. The van der Waals surface area contributed by atoms with Crippen molar-refractivity contribution in [2.24, 2.45) is 0 Å². The normalized spacial score (nSPS) is 11.5. The third-order valence-electron chi connectivity index (χ3n) is 1.28. The SMILES string of the molecule is CCS/C(=C/C=C(C)C)CC. The van der Waals surface area contributed by atoms with Gasteiger partial charge in [0.15, 0.2) is 0 Å². The average Bonchev–Trinajstić information content (AvgIpc) is 1.97. The Balaban J connectivity index is 4.00. The molecular formula is C10H18S. The van der Waals surface area contributed by atoms with Crippen molar-refractivity contribution in [3.05, 3.63) is 22.6 Å². The van der Waals surface area contributed by atoms with Crippen molar-refractivity contribution in [1.29, 1.82) is 0 Å². The summed E-state index contributed by atoms with van der Waals surface area (Å²) in [4.78, 5) is 1.48. The molecule has 0 aromatic heterocycles. The van der Waals surface area contributed by atoms with E-state index in [9.17, 15) is 0 Å². The van der Waals surface area contributed by atoms with Crippen molar-refractivity contribution in [1.82, 2.24) is 0 Å². The smallest absolute Gasteiger partial charge is 0.00517 e. The summed E-state index contributed by atoms with van der Waals surface area (Å²) in [6, 6.07) is 0. The summed E-state index contributed by atoms with van der Waals surface area (Å²) >= 11 is 1.93. The summed E-state index contributed by atoms with van der Waals surface area (Å²) in [6.45, 7) is 8.64. The molecule has 0 atom stereocenters. The van der Waals surface area contributed by atoms with Crippen molar-refractivity contribution in [2.45, 2.75) is 34.1 Å². The van der Waals surface area contributed by atoms with Gasteiger partial charge in [-0.2, -0.15) is 0 Å². The third kappa shape index (κ3) is 6.24. The maximum absolute atomic E-state index is 2.23. The van der Waals surface area contributed by atoms with Gasteiger partial charge in [-0.1, -0.05) is 31.6 Å². The molecule has 0 aliphatic rings. The molecule has 0 nitrogen and oxygen atoms in total. The van der Waals surface area contributed by atoms with Gasteiger partial charge < -0.3 is 0 Å². The van der Waals surface area contributed by atoms with E-state index in [1.165, 1.54) is 16.2 Å². The van der Waals surface area contributed by atoms with E-state index in [2.05, 4.69) is 39.8 Å². The number of hydrogen-bond acceptors (Lipinski definition) is 1. The zero-order chi connectivity index (χ0) is 8.69. The maximum Gasteiger partial charge on any atom is -0.00517 e. The number of thioether (sulfide) groups is 1. The molecule has 1 heteroatoms. The van der Waals surface area contributed by atoms with E-state index >= 15 is 0 Å². The lowest BCUT2D eigenvalue weighted by Crippen LogP contribution is -1.74. The van der Waals surface area contributed by atoms with Crippen LogP contribution in [-0.4, -0.2) is 5.75 Å². The van der Waals surface area contributed by atoms with Crippen molar-refractivity contribution in [3.63, 3.8) is 0 Å². The highest BCUT2D eigenvalue weighted by Gasteiger charge is 1.89. The van der Waals surface area contributed by atoms with Crippen molar-refractivity contribution >= 4 is 11.8 Å². The van der Waals surface area contributed by atoms with E-state index in [0.29, 0.717) is 0 Å². The lowest BCUT2D eigenvalue weighted by molar-refractivity contribution is 1.19. The first-order chi connectivity index (χ1) is 5.20. The van der Waals surface area contributed by atoms with Gasteiger partial charge in [0, 0.05) is 0 Å². The predicted octanol–water partition coefficient (Wildman–Crippen LogP) is 4.00. The van der Waals surface area contributed by atoms with Crippen LogP contribution >= 0.6 is 11.8 Å². The van der Waals surface area contributed by atoms with Crippen molar-refractivity contribution in [2.75, 3.05) is 5.75 Å². The van der Waals surface area contributed by atoms with Crippen molar-refractivity contribution < 1.29 is 0 Å². The molecule has 0 heterocycles. The third-order valence-corrected chi connectivity index (χ3v) is 2.36. The first-order valence-corrected chi connectivity index (χ1v) is 5.16. The summed E-state index contributed by atoms with van der Waals surface area (Å²) in [7, 11) is 0. The topological polar surface area (TPSA) is 0 Å². The van der Waals surface area contributed by atoms with Gasteiger partial charge in [0.1, 0.15) is 0 Å². The summed E-state index contributed by atoms with van der Waals surface area (Å²) in [5.41, 5.74) is 1.37. The molecule has 0 saturated carbocycles. The molecule has 0 aliphatic carbocycles. The van der Waals surface area contributed by atoms with E-state index in [1.54, 1.807) is 0 Å². The highest BCUT2D eigenvalue weighted by Crippen LogP contribution is 2.18. The second-order valence-corrected chi connectivity index (χ2v) is 4.05. The Kier molecular flexibility index (Phi) is 6.43. The van der Waals surface area contributed by atoms with Gasteiger partial charge in [-0.15, -0.1) is 11.8 Å². The standard InChI is InChI=1S/C10H18S/c1-5-10(11-6-2)8-7-9(3)4/h7-8H,5-6H2,1-4H3/b10-8+. The molecule has 0 aromatic rings. The van der Waals surface area contributed by atoms with E-state index in [4.69, 9.17) is 0 Å². The van der Waals surface area contributed by atoms with Crippen LogP contribution in [0.1, 0.15) is 34.1 Å². The molecule has 64 valence electrons. The fourth-order valence-corrected chi connectivity index (χ4v) is 1.45. The molecule has 11 heavy (non-hydrogen) atoms. The van der Waals surface area contributed by atoms with Crippen LogP contribution in [0.15, 0.2) is 22.6 Å². The molecule has 0 fully saturated rings. The zero-order valence-corrected chi connectivity index (χ0v) is 8.79. The summed E-state index contributed by atoms with van der Waals surface area (Å²) in [6.07, 6.45) is 5.56. The molecule has 0 N–H and O–H groups in total. The van der Waals surface area contributed by atoms with Crippen LogP contribution in [0, 0.1) is 0 Å². The van der Waals surface area contributed by atoms with Gasteiger partial charge >= 0.3 is 0 Å². The first kappa shape index (κ1) is 10.8. The number of rotatable bonds is 4. The van der Waals surface area contributed by atoms with Gasteiger partial charge in [0.25, 0.3) is 0 Å². The van der Waals surface area contributed by atoms with E-state index in [1.807, 2.05) is 11.8 Å². The van der Waals surface area contributed by atoms with Gasteiger partial charge in [-0.05, 0) is 30.9 Å². The molecule has 0 aromatic carbocycles. The number of hydrogen-bond donors (Lipinski definition) is 0. The molecule has 0 bridgehead atoms. The lowest BCUT2D eigenvalue weighted by atomic mass is 10.3. The Morgan fingerprint density at radius 2 is 1.82 bits per heavy atom. The minimum Gasteiger partial charge on any atom is -0.131 e. The molecule has 0 rings (SSSR count). The molecule has 0 spiro atoms.